The van der Waals surface area contributed by atoms with Crippen LogP contribution < -0.4 is 10.2 Å². The molecule has 1 N–H and O–H groups in total. The van der Waals surface area contributed by atoms with E-state index in [-0.39, 0.29) is 12.0 Å². The first-order chi connectivity index (χ1) is 14.1. The van der Waals surface area contributed by atoms with Crippen molar-refractivity contribution in [1.82, 2.24) is 19.7 Å². The minimum absolute atomic E-state index is 0.244. The third kappa shape index (κ3) is 3.74. The van der Waals surface area contributed by atoms with Crippen molar-refractivity contribution in [3.05, 3.63) is 41.9 Å². The molecule has 152 valence electrons. The molecule has 8 heteroatoms. The molecule has 1 aliphatic heterocycles. The largest absolute Gasteiger partial charge is 0.462 e. The molecule has 0 atom stereocenters. The van der Waals surface area contributed by atoms with E-state index in [1.165, 1.54) is 0 Å². The lowest BCUT2D eigenvalue weighted by Crippen LogP contribution is -2.39. The highest BCUT2D eigenvalue weighted by Crippen LogP contribution is 2.31. The Morgan fingerprint density at radius 3 is 2.76 bits per heavy atom. The Hall–Kier alpha value is -3.16. The second kappa shape index (κ2) is 8.06. The van der Waals surface area contributed by atoms with Gasteiger partial charge in [0.1, 0.15) is 11.4 Å². The summed E-state index contributed by atoms with van der Waals surface area (Å²) in [5.41, 5.74) is 2.83. The number of aryl methyl sites for hydroxylation is 2. The van der Waals surface area contributed by atoms with Crippen molar-refractivity contribution < 1.29 is 9.53 Å². The first kappa shape index (κ1) is 19.2. The van der Waals surface area contributed by atoms with Crippen molar-refractivity contribution >= 4 is 28.5 Å². The van der Waals surface area contributed by atoms with Crippen molar-refractivity contribution in [2.75, 3.05) is 29.9 Å². The van der Waals surface area contributed by atoms with Crippen molar-refractivity contribution in [2.45, 2.75) is 32.7 Å². The van der Waals surface area contributed by atoms with Gasteiger partial charge in [0.25, 0.3) is 0 Å². The van der Waals surface area contributed by atoms with Gasteiger partial charge in [-0.1, -0.05) is 6.07 Å². The number of rotatable bonds is 5. The van der Waals surface area contributed by atoms with Gasteiger partial charge in [-0.25, -0.2) is 14.8 Å². The standard InChI is InChI=1S/C21H26N6O2/c1-4-29-21(28)16-13-23-20-18(14(2)25-26(20)3)19(16)24-15-8-11-27(12-9-15)17-7-5-6-10-22-17/h5-7,10,13,15H,4,8-9,11-12H2,1-3H3,(H,23,24). The van der Waals surface area contributed by atoms with Crippen LogP contribution in [-0.2, 0) is 11.8 Å². The summed E-state index contributed by atoms with van der Waals surface area (Å²) in [5, 5.41) is 8.98. The molecule has 8 nitrogen and oxygen atoms in total. The molecule has 29 heavy (non-hydrogen) atoms. The van der Waals surface area contributed by atoms with Gasteiger partial charge in [-0.05, 0) is 38.8 Å². The minimum Gasteiger partial charge on any atom is -0.462 e. The highest BCUT2D eigenvalue weighted by molar-refractivity contribution is 6.05. The molecule has 1 saturated heterocycles. The van der Waals surface area contributed by atoms with Gasteiger partial charge >= 0.3 is 5.97 Å². The number of fused-ring (bicyclic) bond motifs is 1. The fraction of sp³-hybridized carbons (Fsp3) is 0.429. The number of anilines is 2. The monoisotopic (exact) mass is 394 g/mol. The molecule has 0 amide bonds. The lowest BCUT2D eigenvalue weighted by atomic mass is 10.0. The molecule has 0 spiro atoms. The first-order valence-corrected chi connectivity index (χ1v) is 10.0. The van der Waals surface area contributed by atoms with Crippen LogP contribution >= 0.6 is 0 Å². The maximum Gasteiger partial charge on any atom is 0.341 e. The number of ether oxygens (including phenoxy) is 1. The van der Waals surface area contributed by atoms with Crippen molar-refractivity contribution in [3.8, 4) is 0 Å². The van der Waals surface area contributed by atoms with Crippen LogP contribution in [0, 0.1) is 6.92 Å². The summed E-state index contributed by atoms with van der Waals surface area (Å²) in [7, 11) is 1.86. The van der Waals surface area contributed by atoms with E-state index < -0.39 is 0 Å². The van der Waals surface area contributed by atoms with Gasteiger partial charge in [-0.2, -0.15) is 5.10 Å². The van der Waals surface area contributed by atoms with Gasteiger partial charge in [0.15, 0.2) is 5.65 Å². The van der Waals surface area contributed by atoms with E-state index in [0.29, 0.717) is 12.2 Å². The summed E-state index contributed by atoms with van der Waals surface area (Å²) in [6, 6.07) is 6.22. The Morgan fingerprint density at radius 2 is 2.07 bits per heavy atom. The van der Waals surface area contributed by atoms with E-state index in [4.69, 9.17) is 4.74 Å². The number of carbonyl (C=O) groups excluding carboxylic acids is 1. The number of carbonyl (C=O) groups is 1. The van der Waals surface area contributed by atoms with E-state index >= 15 is 0 Å². The Bertz CT molecular complexity index is 1010. The zero-order valence-electron chi connectivity index (χ0n) is 17.1. The lowest BCUT2D eigenvalue weighted by molar-refractivity contribution is 0.0527. The third-order valence-corrected chi connectivity index (χ3v) is 5.34. The molecule has 4 heterocycles. The van der Waals surface area contributed by atoms with E-state index in [9.17, 15) is 4.79 Å². The predicted octanol–water partition coefficient (Wildman–Crippen LogP) is 2.93. The van der Waals surface area contributed by atoms with Crippen LogP contribution in [0.15, 0.2) is 30.6 Å². The van der Waals surface area contributed by atoms with Crippen LogP contribution in [0.4, 0.5) is 11.5 Å². The van der Waals surface area contributed by atoms with Crippen molar-refractivity contribution in [2.24, 2.45) is 7.05 Å². The van der Waals surface area contributed by atoms with Gasteiger partial charge < -0.3 is 15.0 Å². The van der Waals surface area contributed by atoms with E-state index in [1.807, 2.05) is 38.4 Å². The molecular weight excluding hydrogens is 368 g/mol. The van der Waals surface area contributed by atoms with Gasteiger partial charge in [0.05, 0.1) is 23.4 Å². The molecule has 0 unspecified atom stereocenters. The fourth-order valence-electron chi connectivity index (χ4n) is 3.92. The lowest BCUT2D eigenvalue weighted by Gasteiger charge is -2.34. The molecule has 1 aliphatic rings. The second-order valence-electron chi connectivity index (χ2n) is 7.27. The van der Waals surface area contributed by atoms with E-state index in [1.54, 1.807) is 17.8 Å². The Morgan fingerprint density at radius 1 is 1.28 bits per heavy atom. The van der Waals surface area contributed by atoms with Crippen LogP contribution in [0.25, 0.3) is 11.0 Å². The van der Waals surface area contributed by atoms with Crippen molar-refractivity contribution in [1.29, 1.82) is 0 Å². The van der Waals surface area contributed by atoms with E-state index in [0.717, 1.165) is 54.2 Å². The van der Waals surface area contributed by atoms with Gasteiger partial charge in [-0.3, -0.25) is 4.68 Å². The minimum atomic E-state index is -0.362. The molecule has 0 saturated carbocycles. The van der Waals surface area contributed by atoms with Crippen LogP contribution in [0.1, 0.15) is 35.8 Å². The van der Waals surface area contributed by atoms with Crippen LogP contribution in [0.2, 0.25) is 0 Å². The molecule has 3 aromatic heterocycles. The molecule has 0 bridgehead atoms. The summed E-state index contributed by atoms with van der Waals surface area (Å²) in [6.07, 6.45) is 5.31. The van der Waals surface area contributed by atoms with Crippen LogP contribution in [-0.4, -0.2) is 51.5 Å². The summed E-state index contributed by atoms with van der Waals surface area (Å²) in [4.78, 5) is 23.8. The Labute approximate surface area is 169 Å². The van der Waals surface area contributed by atoms with Crippen molar-refractivity contribution in [3.63, 3.8) is 0 Å². The Kier molecular flexibility index (Phi) is 5.33. The molecule has 0 radical (unpaired) electrons. The number of nitrogens with zero attached hydrogens (tertiary/aromatic N) is 5. The highest BCUT2D eigenvalue weighted by atomic mass is 16.5. The zero-order chi connectivity index (χ0) is 20.4. The number of aromatic nitrogens is 4. The molecule has 0 aliphatic carbocycles. The third-order valence-electron chi connectivity index (χ3n) is 5.34. The molecular formula is C21H26N6O2. The number of esters is 1. The van der Waals surface area contributed by atoms with Crippen LogP contribution in [0.3, 0.4) is 0 Å². The van der Waals surface area contributed by atoms with Gasteiger partial charge in [0, 0.05) is 38.6 Å². The highest BCUT2D eigenvalue weighted by Gasteiger charge is 2.25. The number of piperidine rings is 1. The predicted molar refractivity (Wildman–Crippen MR) is 112 cm³/mol. The van der Waals surface area contributed by atoms with Gasteiger partial charge in [-0.15, -0.1) is 0 Å². The summed E-state index contributed by atoms with van der Waals surface area (Å²) < 4.78 is 7.01. The quantitative estimate of drug-likeness (QED) is 0.666. The summed E-state index contributed by atoms with van der Waals surface area (Å²) in [5.74, 6) is 0.645. The smallest absolute Gasteiger partial charge is 0.341 e. The summed E-state index contributed by atoms with van der Waals surface area (Å²) in [6.45, 7) is 5.88. The number of nitrogens with one attached hydrogen (secondary N) is 1. The topological polar surface area (TPSA) is 85.2 Å². The number of hydrogen-bond donors (Lipinski definition) is 1. The maximum atomic E-state index is 12.6. The molecule has 4 rings (SSSR count). The zero-order valence-corrected chi connectivity index (χ0v) is 17.1. The first-order valence-electron chi connectivity index (χ1n) is 10.0. The van der Waals surface area contributed by atoms with E-state index in [2.05, 4.69) is 25.3 Å². The SMILES string of the molecule is CCOC(=O)c1cnc2c(c(C)nn2C)c1NC1CCN(c2ccccn2)CC1. The fourth-order valence-corrected chi connectivity index (χ4v) is 3.92. The molecule has 0 aromatic carbocycles. The average Bonchev–Trinajstić information content (AvgIpc) is 3.03. The second-order valence-corrected chi connectivity index (χ2v) is 7.27. The van der Waals surface area contributed by atoms with Gasteiger partial charge in [0.2, 0.25) is 0 Å². The average molecular weight is 394 g/mol. The Balaban J connectivity index is 1.60. The van der Waals surface area contributed by atoms with Crippen LogP contribution in [0.5, 0.6) is 0 Å². The normalized spacial score (nSPS) is 14.9. The number of hydrogen-bond acceptors (Lipinski definition) is 7. The summed E-state index contributed by atoms with van der Waals surface area (Å²) >= 11 is 0. The number of pyridine rings is 2. The molecule has 3 aromatic rings. The maximum absolute atomic E-state index is 12.6. The molecule has 1 fully saturated rings.